The van der Waals surface area contributed by atoms with E-state index in [-0.39, 0.29) is 6.10 Å². The first-order valence-electron chi connectivity index (χ1n) is 7.28. The van der Waals surface area contributed by atoms with Crippen molar-refractivity contribution < 1.29 is 9.47 Å². The van der Waals surface area contributed by atoms with E-state index in [9.17, 15) is 0 Å². The predicted molar refractivity (Wildman–Crippen MR) is 77.6 cm³/mol. The Morgan fingerprint density at radius 2 is 2.05 bits per heavy atom. The molecule has 3 atom stereocenters. The van der Waals surface area contributed by atoms with Crippen LogP contribution in [0.1, 0.15) is 44.7 Å². The smallest absolute Gasteiger partial charge is 0.119 e. The molecule has 1 aromatic carbocycles. The first kappa shape index (κ1) is 14.4. The van der Waals surface area contributed by atoms with E-state index in [1.165, 1.54) is 5.56 Å². The molecule has 1 N–H and O–H groups in total. The van der Waals surface area contributed by atoms with Gasteiger partial charge in [-0.05, 0) is 50.9 Å². The first-order chi connectivity index (χ1) is 9.22. The molecule has 0 saturated carbocycles. The van der Waals surface area contributed by atoms with Crippen LogP contribution in [0.4, 0.5) is 0 Å². The molecule has 1 saturated heterocycles. The highest BCUT2D eigenvalue weighted by Gasteiger charge is 2.22. The summed E-state index contributed by atoms with van der Waals surface area (Å²) in [6, 6.07) is 8.80. The van der Waals surface area contributed by atoms with E-state index in [1.807, 2.05) is 19.2 Å². The Kier molecular flexibility index (Phi) is 5.23. The molecule has 1 heterocycles. The van der Waals surface area contributed by atoms with Crippen molar-refractivity contribution in [3.63, 3.8) is 0 Å². The molecule has 3 unspecified atom stereocenters. The van der Waals surface area contributed by atoms with Crippen molar-refractivity contribution in [1.29, 1.82) is 0 Å². The van der Waals surface area contributed by atoms with Gasteiger partial charge in [-0.1, -0.05) is 19.1 Å². The van der Waals surface area contributed by atoms with Gasteiger partial charge in [0, 0.05) is 6.04 Å². The van der Waals surface area contributed by atoms with E-state index >= 15 is 0 Å². The molecule has 0 aliphatic carbocycles. The average molecular weight is 263 g/mol. The van der Waals surface area contributed by atoms with Gasteiger partial charge in [0.15, 0.2) is 0 Å². The van der Waals surface area contributed by atoms with Crippen LogP contribution in [-0.4, -0.2) is 25.9 Å². The minimum atomic E-state index is 0.260. The fourth-order valence-electron chi connectivity index (χ4n) is 2.60. The molecule has 106 valence electrons. The summed E-state index contributed by atoms with van der Waals surface area (Å²) in [5.74, 6) is 0.929. The Bertz CT molecular complexity index is 373. The van der Waals surface area contributed by atoms with Gasteiger partial charge in [-0.2, -0.15) is 0 Å². The second-order valence-corrected chi connectivity index (χ2v) is 5.28. The second-order valence-electron chi connectivity index (χ2n) is 5.28. The lowest BCUT2D eigenvalue weighted by atomic mass is 10.0. The van der Waals surface area contributed by atoms with Crippen molar-refractivity contribution in [2.45, 2.75) is 51.4 Å². The molecule has 1 aliphatic rings. The number of hydrogen-bond acceptors (Lipinski definition) is 3. The fourth-order valence-corrected chi connectivity index (χ4v) is 2.60. The van der Waals surface area contributed by atoms with Crippen LogP contribution in [0.25, 0.3) is 0 Å². The maximum atomic E-state index is 5.79. The molecule has 2 rings (SSSR count). The third kappa shape index (κ3) is 3.95. The van der Waals surface area contributed by atoms with Gasteiger partial charge in [-0.25, -0.2) is 0 Å². The number of benzene rings is 1. The maximum Gasteiger partial charge on any atom is 0.119 e. The van der Waals surface area contributed by atoms with Crippen LogP contribution >= 0.6 is 0 Å². The van der Waals surface area contributed by atoms with Gasteiger partial charge in [-0.3, -0.25) is 0 Å². The summed E-state index contributed by atoms with van der Waals surface area (Å²) in [5.41, 5.74) is 1.31. The standard InChI is InChI=1S/C16H25NO2/c1-4-16(17-3)13-6-9-14(10-7-13)18-11-15-8-5-12(2)19-15/h6-7,9-10,12,15-17H,4-5,8,11H2,1-3H3. The fraction of sp³-hybridized carbons (Fsp3) is 0.625. The van der Waals surface area contributed by atoms with Gasteiger partial charge in [0.1, 0.15) is 12.4 Å². The van der Waals surface area contributed by atoms with Crippen LogP contribution in [0.2, 0.25) is 0 Å². The summed E-state index contributed by atoms with van der Waals surface area (Å²) in [6.07, 6.45) is 3.99. The topological polar surface area (TPSA) is 30.5 Å². The Morgan fingerprint density at radius 3 is 2.58 bits per heavy atom. The van der Waals surface area contributed by atoms with E-state index in [4.69, 9.17) is 9.47 Å². The first-order valence-corrected chi connectivity index (χ1v) is 7.28. The monoisotopic (exact) mass is 263 g/mol. The van der Waals surface area contributed by atoms with E-state index in [1.54, 1.807) is 0 Å². The van der Waals surface area contributed by atoms with Crippen molar-refractivity contribution in [2.75, 3.05) is 13.7 Å². The maximum absolute atomic E-state index is 5.79. The Hall–Kier alpha value is -1.06. The van der Waals surface area contributed by atoms with Crippen molar-refractivity contribution in [3.8, 4) is 5.75 Å². The van der Waals surface area contributed by atoms with Crippen LogP contribution in [0.5, 0.6) is 5.75 Å². The molecule has 3 heteroatoms. The molecular formula is C16H25NO2. The summed E-state index contributed by atoms with van der Waals surface area (Å²) < 4.78 is 11.5. The summed E-state index contributed by atoms with van der Waals surface area (Å²) in [7, 11) is 2.00. The quantitative estimate of drug-likeness (QED) is 0.854. The minimum Gasteiger partial charge on any atom is -0.491 e. The summed E-state index contributed by atoms with van der Waals surface area (Å²) in [5, 5.41) is 3.31. The molecule has 3 nitrogen and oxygen atoms in total. The second kappa shape index (κ2) is 6.92. The third-order valence-electron chi connectivity index (χ3n) is 3.79. The van der Waals surface area contributed by atoms with Gasteiger partial charge in [0.2, 0.25) is 0 Å². The van der Waals surface area contributed by atoms with Crippen LogP contribution < -0.4 is 10.1 Å². The third-order valence-corrected chi connectivity index (χ3v) is 3.79. The Balaban J connectivity index is 1.84. The SMILES string of the molecule is CCC(NC)c1ccc(OCC2CCC(C)O2)cc1. The lowest BCUT2D eigenvalue weighted by molar-refractivity contribution is 0.0264. The van der Waals surface area contributed by atoms with Gasteiger partial charge in [0.25, 0.3) is 0 Å². The van der Waals surface area contributed by atoms with Gasteiger partial charge >= 0.3 is 0 Å². The summed E-state index contributed by atoms with van der Waals surface area (Å²) in [6.45, 7) is 4.97. The zero-order valence-corrected chi connectivity index (χ0v) is 12.2. The zero-order valence-electron chi connectivity index (χ0n) is 12.2. The normalized spacial score (nSPS) is 24.4. The molecule has 0 bridgehead atoms. The van der Waals surface area contributed by atoms with Crippen molar-refractivity contribution in [3.05, 3.63) is 29.8 Å². The number of rotatable bonds is 6. The molecule has 0 aromatic heterocycles. The van der Waals surface area contributed by atoms with Gasteiger partial charge in [0.05, 0.1) is 12.2 Å². The van der Waals surface area contributed by atoms with Gasteiger partial charge < -0.3 is 14.8 Å². The molecule has 1 aromatic rings. The van der Waals surface area contributed by atoms with E-state index < -0.39 is 0 Å². The van der Waals surface area contributed by atoms with Crippen molar-refractivity contribution in [2.24, 2.45) is 0 Å². The van der Waals surface area contributed by atoms with Crippen LogP contribution in [0, 0.1) is 0 Å². The van der Waals surface area contributed by atoms with Crippen LogP contribution in [-0.2, 0) is 4.74 Å². The summed E-state index contributed by atoms with van der Waals surface area (Å²) >= 11 is 0. The van der Waals surface area contributed by atoms with Crippen LogP contribution in [0.15, 0.2) is 24.3 Å². The van der Waals surface area contributed by atoms with Gasteiger partial charge in [-0.15, -0.1) is 0 Å². The number of hydrogen-bond donors (Lipinski definition) is 1. The summed E-state index contributed by atoms with van der Waals surface area (Å²) in [4.78, 5) is 0. The lowest BCUT2D eigenvalue weighted by Gasteiger charge is -2.16. The van der Waals surface area contributed by atoms with E-state index in [0.717, 1.165) is 25.0 Å². The molecule has 0 spiro atoms. The molecular weight excluding hydrogens is 238 g/mol. The average Bonchev–Trinajstić information content (AvgIpc) is 2.85. The molecule has 0 amide bonds. The number of nitrogens with one attached hydrogen (secondary N) is 1. The highest BCUT2D eigenvalue weighted by Crippen LogP contribution is 2.22. The highest BCUT2D eigenvalue weighted by molar-refractivity contribution is 5.29. The van der Waals surface area contributed by atoms with E-state index in [0.29, 0.717) is 18.8 Å². The molecule has 1 aliphatic heterocycles. The van der Waals surface area contributed by atoms with Crippen LogP contribution in [0.3, 0.4) is 0 Å². The largest absolute Gasteiger partial charge is 0.491 e. The molecule has 0 radical (unpaired) electrons. The predicted octanol–water partition coefficient (Wildman–Crippen LogP) is 3.30. The molecule has 1 fully saturated rings. The van der Waals surface area contributed by atoms with Crippen molar-refractivity contribution >= 4 is 0 Å². The van der Waals surface area contributed by atoms with Crippen molar-refractivity contribution in [1.82, 2.24) is 5.32 Å². The number of ether oxygens (including phenoxy) is 2. The van der Waals surface area contributed by atoms with E-state index in [2.05, 4.69) is 31.3 Å². The Morgan fingerprint density at radius 1 is 1.32 bits per heavy atom. The minimum absolute atomic E-state index is 0.260. The molecule has 19 heavy (non-hydrogen) atoms. The zero-order chi connectivity index (χ0) is 13.7. The lowest BCUT2D eigenvalue weighted by Crippen LogP contribution is -2.18. The Labute approximate surface area is 116 Å². The highest BCUT2D eigenvalue weighted by atomic mass is 16.5.